The number of ether oxygens (including phenoxy) is 2. The first kappa shape index (κ1) is 21.7. The molecule has 2 atom stereocenters. The third kappa shape index (κ3) is 4.16. The maximum atomic E-state index is 12.9. The number of amides is 1. The Balaban J connectivity index is 1.40. The van der Waals surface area contributed by atoms with E-state index in [-0.39, 0.29) is 18.2 Å². The summed E-state index contributed by atoms with van der Waals surface area (Å²) in [5.41, 5.74) is 3.09. The second-order valence-corrected chi connectivity index (χ2v) is 10.2. The van der Waals surface area contributed by atoms with E-state index in [0.29, 0.717) is 18.3 Å². The van der Waals surface area contributed by atoms with Crippen LogP contribution in [0, 0.1) is 12.8 Å². The Bertz CT molecular complexity index is 1170. The molecule has 3 aromatic rings. The molecular weight excluding hydrogens is 420 g/mol. The summed E-state index contributed by atoms with van der Waals surface area (Å²) in [7, 11) is 1.65. The SMILES string of the molecule is COc1cc(-c2nnn(C3CCN(C(=O)OC(C)(C)C)C(C4CC4)C3)c2C)cc2nccn12. The minimum Gasteiger partial charge on any atom is -0.482 e. The van der Waals surface area contributed by atoms with E-state index in [1.165, 1.54) is 12.8 Å². The first-order valence-corrected chi connectivity index (χ1v) is 11.7. The summed E-state index contributed by atoms with van der Waals surface area (Å²) in [5, 5.41) is 9.08. The molecule has 33 heavy (non-hydrogen) atoms. The zero-order chi connectivity index (χ0) is 23.3. The fraction of sp³-hybridized carbons (Fsp3) is 0.583. The molecule has 9 nitrogen and oxygen atoms in total. The smallest absolute Gasteiger partial charge is 0.410 e. The van der Waals surface area contributed by atoms with Crippen molar-refractivity contribution in [3.05, 3.63) is 30.2 Å². The van der Waals surface area contributed by atoms with Crippen LogP contribution >= 0.6 is 0 Å². The van der Waals surface area contributed by atoms with E-state index in [2.05, 4.69) is 22.2 Å². The van der Waals surface area contributed by atoms with Crippen LogP contribution in [0.2, 0.25) is 0 Å². The largest absolute Gasteiger partial charge is 0.482 e. The molecule has 5 rings (SSSR count). The molecule has 2 fully saturated rings. The van der Waals surface area contributed by atoms with Crippen molar-refractivity contribution in [2.75, 3.05) is 13.7 Å². The molecule has 2 unspecified atom stereocenters. The first-order chi connectivity index (χ1) is 15.7. The highest BCUT2D eigenvalue weighted by Crippen LogP contribution is 2.43. The minimum absolute atomic E-state index is 0.187. The normalized spacial score (nSPS) is 21.4. The van der Waals surface area contributed by atoms with E-state index in [9.17, 15) is 4.79 Å². The molecular formula is C24H32N6O3. The van der Waals surface area contributed by atoms with Gasteiger partial charge in [-0.15, -0.1) is 5.10 Å². The summed E-state index contributed by atoms with van der Waals surface area (Å²) in [6, 6.07) is 4.36. The van der Waals surface area contributed by atoms with Crippen molar-refractivity contribution >= 4 is 11.7 Å². The van der Waals surface area contributed by atoms with Gasteiger partial charge in [-0.1, -0.05) is 5.21 Å². The average molecular weight is 453 g/mol. The molecule has 1 amide bonds. The number of hydrogen-bond donors (Lipinski definition) is 0. The number of imidazole rings is 1. The summed E-state index contributed by atoms with van der Waals surface area (Å²) >= 11 is 0. The Morgan fingerprint density at radius 3 is 2.67 bits per heavy atom. The van der Waals surface area contributed by atoms with Crippen molar-refractivity contribution in [1.29, 1.82) is 0 Å². The first-order valence-electron chi connectivity index (χ1n) is 11.7. The summed E-state index contributed by atoms with van der Waals surface area (Å²) in [4.78, 5) is 19.2. The average Bonchev–Trinajstić information content (AvgIpc) is 3.38. The number of carbonyl (C=O) groups excluding carboxylic acids is 1. The lowest BCUT2D eigenvalue weighted by Gasteiger charge is -2.40. The summed E-state index contributed by atoms with van der Waals surface area (Å²) in [6.45, 7) is 8.48. The van der Waals surface area contributed by atoms with Crippen LogP contribution in [0.5, 0.6) is 5.88 Å². The van der Waals surface area contributed by atoms with Gasteiger partial charge in [-0.3, -0.25) is 4.40 Å². The van der Waals surface area contributed by atoms with Crippen molar-refractivity contribution in [3.8, 4) is 17.1 Å². The number of hydrogen-bond acceptors (Lipinski definition) is 6. The van der Waals surface area contributed by atoms with E-state index >= 15 is 0 Å². The highest BCUT2D eigenvalue weighted by molar-refractivity contribution is 5.69. The Hall–Kier alpha value is -3.10. The third-order valence-electron chi connectivity index (χ3n) is 6.64. The van der Waals surface area contributed by atoms with Crippen molar-refractivity contribution in [2.24, 2.45) is 5.92 Å². The lowest BCUT2D eigenvalue weighted by Crippen LogP contribution is -2.49. The zero-order valence-electron chi connectivity index (χ0n) is 20.0. The fourth-order valence-electron chi connectivity index (χ4n) is 4.91. The number of pyridine rings is 1. The van der Waals surface area contributed by atoms with Gasteiger partial charge in [-0.05, 0) is 65.4 Å². The zero-order valence-corrected chi connectivity index (χ0v) is 20.0. The predicted molar refractivity (Wildman–Crippen MR) is 123 cm³/mol. The molecule has 0 spiro atoms. The van der Waals surface area contributed by atoms with Gasteiger partial charge >= 0.3 is 6.09 Å². The van der Waals surface area contributed by atoms with Crippen LogP contribution in [0.4, 0.5) is 4.79 Å². The Morgan fingerprint density at radius 1 is 1.18 bits per heavy atom. The van der Waals surface area contributed by atoms with E-state index < -0.39 is 5.60 Å². The van der Waals surface area contributed by atoms with E-state index in [1.807, 2.05) is 53.1 Å². The van der Waals surface area contributed by atoms with Gasteiger partial charge in [0.2, 0.25) is 0 Å². The van der Waals surface area contributed by atoms with Gasteiger partial charge in [0.15, 0.2) is 5.88 Å². The molecule has 1 saturated heterocycles. The molecule has 0 bridgehead atoms. The fourth-order valence-corrected chi connectivity index (χ4v) is 4.91. The van der Waals surface area contributed by atoms with Gasteiger partial charge < -0.3 is 14.4 Å². The van der Waals surface area contributed by atoms with Crippen LogP contribution in [-0.2, 0) is 4.74 Å². The van der Waals surface area contributed by atoms with Crippen LogP contribution in [0.25, 0.3) is 16.9 Å². The quantitative estimate of drug-likeness (QED) is 0.588. The lowest BCUT2D eigenvalue weighted by atomic mass is 9.94. The molecule has 0 N–H and O–H groups in total. The number of rotatable bonds is 4. The molecule has 9 heteroatoms. The molecule has 1 aliphatic carbocycles. The van der Waals surface area contributed by atoms with Gasteiger partial charge in [0, 0.05) is 36.6 Å². The van der Waals surface area contributed by atoms with Gasteiger partial charge in [-0.2, -0.15) is 0 Å². The monoisotopic (exact) mass is 452 g/mol. The molecule has 0 radical (unpaired) electrons. The van der Waals surface area contributed by atoms with Crippen LogP contribution in [0.3, 0.4) is 0 Å². The van der Waals surface area contributed by atoms with Gasteiger partial charge in [-0.25, -0.2) is 14.5 Å². The topological polar surface area (TPSA) is 86.8 Å². The highest BCUT2D eigenvalue weighted by Gasteiger charge is 2.43. The van der Waals surface area contributed by atoms with Crippen molar-refractivity contribution in [2.45, 2.75) is 71.1 Å². The molecule has 1 aliphatic heterocycles. The Morgan fingerprint density at radius 2 is 1.97 bits per heavy atom. The molecule has 1 saturated carbocycles. The summed E-state index contributed by atoms with van der Waals surface area (Å²) in [5.74, 6) is 1.25. The minimum atomic E-state index is -0.490. The van der Waals surface area contributed by atoms with Crippen LogP contribution < -0.4 is 4.74 Å². The third-order valence-corrected chi connectivity index (χ3v) is 6.64. The molecule has 176 valence electrons. The number of methoxy groups -OCH3 is 1. The number of carbonyl (C=O) groups is 1. The van der Waals surface area contributed by atoms with E-state index in [1.54, 1.807) is 13.3 Å². The van der Waals surface area contributed by atoms with Gasteiger partial charge in [0.25, 0.3) is 0 Å². The van der Waals surface area contributed by atoms with Gasteiger partial charge in [0.05, 0.1) is 18.8 Å². The highest BCUT2D eigenvalue weighted by atomic mass is 16.6. The molecule has 0 aromatic carbocycles. The van der Waals surface area contributed by atoms with E-state index in [0.717, 1.165) is 35.4 Å². The molecule has 3 aromatic heterocycles. The standard InChI is InChI=1S/C24H32N6O3/c1-15-22(17-12-20-25-9-11-29(20)21(13-17)32-5)26-27-30(15)18-8-10-28(19(14-18)16-6-7-16)23(31)33-24(2,3)4/h9,11-13,16,18-19H,6-8,10,14H2,1-5H3. The number of likely N-dealkylation sites (tertiary alicyclic amines) is 1. The Kier molecular flexibility index (Phi) is 5.29. The van der Waals surface area contributed by atoms with Crippen LogP contribution in [0.1, 0.15) is 58.2 Å². The Labute approximate surface area is 193 Å². The van der Waals surface area contributed by atoms with Crippen LogP contribution in [0.15, 0.2) is 24.5 Å². The number of aromatic nitrogens is 5. The van der Waals surface area contributed by atoms with Gasteiger partial charge in [0.1, 0.15) is 16.9 Å². The number of fused-ring (bicyclic) bond motifs is 1. The van der Waals surface area contributed by atoms with Crippen LogP contribution in [-0.4, -0.2) is 60.7 Å². The van der Waals surface area contributed by atoms with Crippen molar-refractivity contribution < 1.29 is 14.3 Å². The number of nitrogens with zero attached hydrogens (tertiary/aromatic N) is 6. The van der Waals surface area contributed by atoms with Crippen molar-refractivity contribution in [1.82, 2.24) is 29.3 Å². The summed E-state index contributed by atoms with van der Waals surface area (Å²) < 4.78 is 15.2. The summed E-state index contributed by atoms with van der Waals surface area (Å²) in [6.07, 6.45) is 7.46. The maximum Gasteiger partial charge on any atom is 0.410 e. The predicted octanol–water partition coefficient (Wildman–Crippen LogP) is 4.26. The molecule has 4 heterocycles. The second kappa shape index (κ2) is 8.04. The maximum absolute atomic E-state index is 12.9. The lowest BCUT2D eigenvalue weighted by molar-refractivity contribution is 0.00131. The van der Waals surface area contributed by atoms with E-state index in [4.69, 9.17) is 9.47 Å². The molecule has 2 aliphatic rings. The number of piperidine rings is 1. The van der Waals surface area contributed by atoms with Crippen molar-refractivity contribution in [3.63, 3.8) is 0 Å². The second-order valence-electron chi connectivity index (χ2n) is 10.2.